The quantitative estimate of drug-likeness (QED) is 0.0676. The van der Waals surface area contributed by atoms with Gasteiger partial charge in [-0.05, 0) is 131 Å². The molecule has 0 fully saturated rings. The first-order valence-corrected chi connectivity index (χ1v) is 20.8. The molecule has 61 heavy (non-hydrogen) atoms. The van der Waals surface area contributed by atoms with Crippen molar-refractivity contribution in [2.45, 2.75) is 126 Å². The third-order valence-electron chi connectivity index (χ3n) is 6.78. The maximum absolute atomic E-state index is 12.3. The zero-order chi connectivity index (χ0) is 46.6. The Morgan fingerprint density at radius 3 is 1.67 bits per heavy atom. The molecule has 2 aromatic rings. The van der Waals surface area contributed by atoms with Crippen LogP contribution in [0.5, 0.6) is 5.75 Å². The van der Waals surface area contributed by atoms with Crippen molar-refractivity contribution < 1.29 is 47.7 Å². The highest BCUT2D eigenvalue weighted by atomic mass is 32.1. The largest absolute Gasteiger partial charge is 0.492 e. The number of aldehydes is 1. The van der Waals surface area contributed by atoms with E-state index in [0.29, 0.717) is 30.1 Å². The Morgan fingerprint density at radius 2 is 1.25 bits per heavy atom. The van der Waals surface area contributed by atoms with E-state index in [0.717, 1.165) is 22.4 Å². The molecule has 2 heterocycles. The van der Waals surface area contributed by atoms with E-state index in [2.05, 4.69) is 31.3 Å². The van der Waals surface area contributed by atoms with E-state index in [9.17, 15) is 24.0 Å². The Kier molecular flexibility index (Phi) is 21.5. The molecule has 1 aromatic carbocycles. The Morgan fingerprint density at radius 1 is 0.738 bits per heavy atom. The number of alkyl carbamates (subject to hydrolysis) is 3. The van der Waals surface area contributed by atoms with Crippen LogP contribution in [0.3, 0.4) is 0 Å². The molecular weight excluding hydrogens is 807 g/mol. The van der Waals surface area contributed by atoms with Crippen LogP contribution in [-0.4, -0.2) is 103 Å². The van der Waals surface area contributed by atoms with Crippen molar-refractivity contribution in [3.63, 3.8) is 0 Å². The number of hydrogen-bond donors (Lipinski definition) is 4. The summed E-state index contributed by atoms with van der Waals surface area (Å²) in [5.74, 6) is 0.678. The fraction of sp³-hybridized carbons (Fsp3) is 0.558. The lowest BCUT2D eigenvalue weighted by Gasteiger charge is -2.30. The number of hydrogen-bond acceptors (Lipinski definition) is 13. The number of benzene rings is 1. The van der Waals surface area contributed by atoms with Crippen LogP contribution < -0.4 is 26.0 Å². The van der Waals surface area contributed by atoms with Gasteiger partial charge in [-0.25, -0.2) is 24.2 Å². The zero-order valence-electron chi connectivity index (χ0n) is 38.5. The highest BCUT2D eigenvalue weighted by molar-refractivity contribution is 7.14. The van der Waals surface area contributed by atoms with Gasteiger partial charge in [0.15, 0.2) is 6.29 Å². The molecule has 0 unspecified atom stereocenters. The van der Waals surface area contributed by atoms with E-state index in [4.69, 9.17) is 23.7 Å². The molecule has 0 aliphatic carbocycles. The van der Waals surface area contributed by atoms with E-state index in [1.807, 2.05) is 57.3 Å². The molecule has 17 nitrogen and oxygen atoms in total. The molecule has 18 heteroatoms. The van der Waals surface area contributed by atoms with Gasteiger partial charge in [0.2, 0.25) is 11.9 Å². The zero-order valence-corrected chi connectivity index (χ0v) is 39.3. The molecule has 4 amide bonds. The van der Waals surface area contributed by atoms with Crippen molar-refractivity contribution in [1.29, 1.82) is 0 Å². The predicted octanol–water partition coefficient (Wildman–Crippen LogP) is 9.00. The fourth-order valence-electron chi connectivity index (χ4n) is 4.57. The number of nitrogens with zero attached hydrogens (tertiary/aromatic N) is 3. The van der Waals surface area contributed by atoms with Crippen LogP contribution in [0.1, 0.15) is 118 Å². The molecule has 3 rings (SSSR count). The summed E-state index contributed by atoms with van der Waals surface area (Å²) in [6.07, 6.45) is 0.519. The first-order chi connectivity index (χ1) is 28.2. The van der Waals surface area contributed by atoms with Crippen LogP contribution in [-0.2, 0) is 18.9 Å². The molecule has 0 bridgehead atoms. The van der Waals surface area contributed by atoms with Crippen LogP contribution in [0.15, 0.2) is 52.5 Å². The minimum absolute atomic E-state index is 0.0774. The van der Waals surface area contributed by atoms with Crippen molar-refractivity contribution in [2.75, 3.05) is 38.6 Å². The van der Waals surface area contributed by atoms with Gasteiger partial charge in [0.25, 0.3) is 0 Å². The second-order valence-electron chi connectivity index (χ2n) is 16.9. The summed E-state index contributed by atoms with van der Waals surface area (Å²) in [6.45, 7) is 26.3. The Bertz CT molecular complexity index is 1800. The molecule has 0 saturated carbocycles. The van der Waals surface area contributed by atoms with Gasteiger partial charge in [0, 0.05) is 30.7 Å². The van der Waals surface area contributed by atoms with Crippen molar-refractivity contribution in [2.24, 2.45) is 9.98 Å². The molecule has 0 atom stereocenters. The Balaban J connectivity index is 0.000000587. The summed E-state index contributed by atoms with van der Waals surface area (Å²) in [7, 11) is 1.83. The van der Waals surface area contributed by atoms with E-state index < -0.39 is 46.8 Å². The smallest absolute Gasteiger partial charge is 0.437 e. The first kappa shape index (κ1) is 53.4. The van der Waals surface area contributed by atoms with E-state index in [1.54, 1.807) is 94.1 Å². The molecule has 340 valence electrons. The molecule has 0 radical (unpaired) electrons. The summed E-state index contributed by atoms with van der Waals surface area (Å²) in [6, 6.07) is 11.1. The van der Waals surface area contributed by atoms with Crippen LogP contribution >= 0.6 is 11.3 Å². The van der Waals surface area contributed by atoms with Gasteiger partial charge in [0.1, 0.15) is 34.8 Å². The maximum Gasteiger partial charge on any atom is 0.437 e. The van der Waals surface area contributed by atoms with Gasteiger partial charge in [-0.3, -0.25) is 20.7 Å². The average molecular weight is 874 g/mol. The van der Waals surface area contributed by atoms with Crippen molar-refractivity contribution in [1.82, 2.24) is 20.9 Å². The van der Waals surface area contributed by atoms with Gasteiger partial charge in [-0.2, -0.15) is 0 Å². The monoisotopic (exact) mass is 873 g/mol. The molecule has 4 N–H and O–H groups in total. The number of ether oxygens (including phenoxy) is 5. The van der Waals surface area contributed by atoms with E-state index in [1.165, 1.54) is 11.3 Å². The molecule has 1 aliphatic rings. The molecule has 0 spiro atoms. The minimum atomic E-state index is -0.794. The van der Waals surface area contributed by atoms with E-state index >= 15 is 0 Å². The van der Waals surface area contributed by atoms with Crippen LogP contribution in [0, 0.1) is 0 Å². The SMILES string of the molecule is CC.CC(C)(C)OC(=O)/N=C(\NC(=O)OC(C)(C)C)N1CC=C(c2ccc(C=O)s2)CC1.CNc1ccc(OCCN=C(NC(=O)OC(C)(C)C)NC(=O)OC(C)(C)C)cc1. The fourth-order valence-corrected chi connectivity index (χ4v) is 5.46. The number of guanidine groups is 2. The third-order valence-corrected chi connectivity index (χ3v) is 7.87. The minimum Gasteiger partial charge on any atom is -0.492 e. The summed E-state index contributed by atoms with van der Waals surface area (Å²) in [5.41, 5.74) is -0.694. The van der Waals surface area contributed by atoms with Gasteiger partial charge < -0.3 is 33.9 Å². The number of nitrogens with one attached hydrogen (secondary N) is 4. The lowest BCUT2D eigenvalue weighted by atomic mass is 10.1. The highest BCUT2D eigenvalue weighted by Gasteiger charge is 2.25. The topological polar surface area (TPSA) is 208 Å². The van der Waals surface area contributed by atoms with Crippen LogP contribution in [0.25, 0.3) is 5.57 Å². The second-order valence-corrected chi connectivity index (χ2v) is 18.0. The highest BCUT2D eigenvalue weighted by Crippen LogP contribution is 2.28. The number of aliphatic imine (C=N–C) groups is 2. The summed E-state index contributed by atoms with van der Waals surface area (Å²) >= 11 is 1.43. The van der Waals surface area contributed by atoms with Crippen molar-refractivity contribution in [3.8, 4) is 5.75 Å². The average Bonchev–Trinajstić information content (AvgIpc) is 3.61. The lowest BCUT2D eigenvalue weighted by molar-refractivity contribution is 0.0528. The Hall–Kier alpha value is -5.65. The summed E-state index contributed by atoms with van der Waals surface area (Å²) in [4.78, 5) is 71.0. The number of amides is 4. The molecule has 1 aromatic heterocycles. The second kappa shape index (κ2) is 24.6. The lowest BCUT2D eigenvalue weighted by Crippen LogP contribution is -2.47. The van der Waals surface area contributed by atoms with Crippen LogP contribution in [0.4, 0.5) is 24.9 Å². The molecule has 0 saturated heterocycles. The standard InChI is InChI=1S/C21H29N3O5S.C20H32N4O5.C2H6/c1-20(2,3)28-18(26)22-17(23-19(27)29-21(4,5)6)24-11-9-14(10-12-24)16-8-7-15(13-25)30-16;1-19(2,3)28-17(25)23-16(24-18(26)29-20(4,5)6)22-12-13-27-15-10-8-14(21-7)9-11-15;1-2/h7-9,13H,10-12H2,1-6H3,(H,22,23,26,27);8-11,21H,12-13H2,1-7H3,(H2,22,23,24,25,26);1-2H3. The predicted molar refractivity (Wildman–Crippen MR) is 241 cm³/mol. The van der Waals surface area contributed by atoms with Gasteiger partial charge in [-0.15, -0.1) is 16.3 Å². The van der Waals surface area contributed by atoms with E-state index in [-0.39, 0.29) is 25.1 Å². The number of carbonyl (C=O) groups excluding carboxylic acids is 5. The van der Waals surface area contributed by atoms with Crippen molar-refractivity contribution in [3.05, 3.63) is 52.2 Å². The molecule has 1 aliphatic heterocycles. The van der Waals surface area contributed by atoms with Gasteiger partial charge >= 0.3 is 24.4 Å². The number of rotatable bonds is 7. The van der Waals surface area contributed by atoms with Crippen molar-refractivity contribution >= 4 is 65.2 Å². The van der Waals surface area contributed by atoms with Gasteiger partial charge in [-0.1, -0.05) is 19.9 Å². The number of thiophene rings is 1. The molecular formula is C43H67N7O10S. The Labute approximate surface area is 365 Å². The third kappa shape index (κ3) is 24.3. The van der Waals surface area contributed by atoms with Crippen LogP contribution in [0.2, 0.25) is 0 Å². The summed E-state index contributed by atoms with van der Waals surface area (Å²) in [5, 5.41) is 10.4. The normalized spacial score (nSPS) is 12.9. The number of carbonyl (C=O) groups is 5. The van der Waals surface area contributed by atoms with Gasteiger partial charge in [0.05, 0.1) is 11.4 Å². The maximum atomic E-state index is 12.3. The number of anilines is 1. The summed E-state index contributed by atoms with van der Waals surface area (Å²) < 4.78 is 26.5. The first-order valence-electron chi connectivity index (χ1n) is 20.0.